The van der Waals surface area contributed by atoms with Gasteiger partial charge in [-0.3, -0.25) is 9.59 Å². The molecule has 1 unspecified atom stereocenters. The third-order valence-electron chi connectivity index (χ3n) is 5.58. The van der Waals surface area contributed by atoms with Crippen LogP contribution >= 0.6 is 0 Å². The van der Waals surface area contributed by atoms with Crippen LogP contribution in [0.1, 0.15) is 48.1 Å². The van der Waals surface area contributed by atoms with Crippen LogP contribution in [0.5, 0.6) is 11.5 Å². The summed E-state index contributed by atoms with van der Waals surface area (Å²) in [5.74, 6) is -0.433. The quantitative estimate of drug-likeness (QED) is 0.402. The Morgan fingerprint density at radius 3 is 2.48 bits per heavy atom. The molecule has 1 heterocycles. The summed E-state index contributed by atoms with van der Waals surface area (Å²) in [4.78, 5) is 27.6. The number of amides is 1. The number of hydrogen-bond donors (Lipinski definition) is 1. The highest BCUT2D eigenvalue weighted by atomic mass is 16.5. The summed E-state index contributed by atoms with van der Waals surface area (Å²) in [6.45, 7) is 6.23. The summed E-state index contributed by atoms with van der Waals surface area (Å²) in [6.07, 6.45) is 1.62. The van der Waals surface area contributed by atoms with E-state index in [1.54, 1.807) is 30.2 Å². The first-order valence-electron chi connectivity index (χ1n) is 10.4. The van der Waals surface area contributed by atoms with Crippen LogP contribution in [-0.4, -0.2) is 42.5 Å². The highest BCUT2D eigenvalue weighted by Crippen LogP contribution is 2.42. The molecular formula is C25H29NO5. The summed E-state index contributed by atoms with van der Waals surface area (Å²) in [6, 6.07) is 10.2. The highest BCUT2D eigenvalue weighted by molar-refractivity contribution is 6.46. The summed E-state index contributed by atoms with van der Waals surface area (Å²) < 4.78 is 10.9. The van der Waals surface area contributed by atoms with Crippen LogP contribution in [0.2, 0.25) is 0 Å². The van der Waals surface area contributed by atoms with Crippen molar-refractivity contribution in [3.63, 3.8) is 0 Å². The van der Waals surface area contributed by atoms with Gasteiger partial charge in [-0.05, 0) is 55.2 Å². The summed E-state index contributed by atoms with van der Waals surface area (Å²) >= 11 is 0. The van der Waals surface area contributed by atoms with Gasteiger partial charge in [-0.25, -0.2) is 0 Å². The number of ether oxygens (including phenoxy) is 2. The average molecular weight is 424 g/mol. The van der Waals surface area contributed by atoms with Crippen LogP contribution in [0.25, 0.3) is 5.76 Å². The number of aliphatic hydroxyl groups excluding tert-OH is 1. The van der Waals surface area contributed by atoms with Gasteiger partial charge in [-0.2, -0.15) is 0 Å². The number of aryl methyl sites for hydroxylation is 2. The van der Waals surface area contributed by atoms with Gasteiger partial charge in [0.25, 0.3) is 11.7 Å². The van der Waals surface area contributed by atoms with Crippen molar-refractivity contribution in [1.29, 1.82) is 0 Å². The summed E-state index contributed by atoms with van der Waals surface area (Å²) in [5.41, 5.74) is 2.93. The number of benzene rings is 2. The van der Waals surface area contributed by atoms with E-state index in [0.717, 1.165) is 24.0 Å². The molecule has 0 bridgehead atoms. The number of hydrogen-bond acceptors (Lipinski definition) is 5. The number of likely N-dealkylation sites (tertiary alicyclic amines) is 1. The Kier molecular flexibility index (Phi) is 6.68. The van der Waals surface area contributed by atoms with Gasteiger partial charge < -0.3 is 19.5 Å². The molecule has 164 valence electrons. The van der Waals surface area contributed by atoms with E-state index in [1.807, 2.05) is 39.0 Å². The van der Waals surface area contributed by atoms with Gasteiger partial charge in [-0.1, -0.05) is 31.5 Å². The summed E-state index contributed by atoms with van der Waals surface area (Å²) in [5, 5.41) is 11.3. The zero-order valence-electron chi connectivity index (χ0n) is 18.7. The standard InChI is InChI=1S/C25H29NO5/c1-6-7-11-26-21(17-9-8-10-18(14-17)30-4)20(23(28)25(26)29)22(27)19-13-15(2)12-16(3)24(19)31-5/h8-10,12-14,21,27H,6-7,11H2,1-5H3/b22-20+. The molecule has 1 aliphatic heterocycles. The number of aliphatic hydroxyl groups is 1. The number of rotatable bonds is 7. The fourth-order valence-corrected chi connectivity index (χ4v) is 4.14. The molecule has 1 aliphatic rings. The molecular weight excluding hydrogens is 394 g/mol. The predicted octanol–water partition coefficient (Wildman–Crippen LogP) is 4.54. The smallest absolute Gasteiger partial charge is 0.295 e. The van der Waals surface area contributed by atoms with Crippen molar-refractivity contribution in [2.75, 3.05) is 20.8 Å². The molecule has 1 amide bonds. The average Bonchev–Trinajstić information content (AvgIpc) is 3.01. The van der Waals surface area contributed by atoms with Crippen LogP contribution < -0.4 is 9.47 Å². The molecule has 1 saturated heterocycles. The van der Waals surface area contributed by atoms with Gasteiger partial charge in [0.2, 0.25) is 0 Å². The molecule has 0 radical (unpaired) electrons. The lowest BCUT2D eigenvalue weighted by atomic mass is 9.93. The van der Waals surface area contributed by atoms with E-state index in [2.05, 4.69) is 0 Å². The van der Waals surface area contributed by atoms with Crippen LogP contribution in [0.15, 0.2) is 42.0 Å². The molecule has 0 spiro atoms. The van der Waals surface area contributed by atoms with Gasteiger partial charge in [-0.15, -0.1) is 0 Å². The van der Waals surface area contributed by atoms with E-state index in [4.69, 9.17) is 9.47 Å². The molecule has 0 aromatic heterocycles. The van der Waals surface area contributed by atoms with Crippen molar-refractivity contribution >= 4 is 17.4 Å². The lowest BCUT2D eigenvalue weighted by molar-refractivity contribution is -0.139. The second kappa shape index (κ2) is 9.25. The maximum Gasteiger partial charge on any atom is 0.295 e. The number of ketones is 1. The maximum absolute atomic E-state index is 13.1. The van der Waals surface area contributed by atoms with E-state index in [9.17, 15) is 14.7 Å². The third-order valence-corrected chi connectivity index (χ3v) is 5.58. The molecule has 2 aromatic carbocycles. The number of Topliss-reactive ketones (excluding diaryl/α,β-unsaturated/α-hetero) is 1. The molecule has 3 rings (SSSR count). The third kappa shape index (κ3) is 4.15. The minimum Gasteiger partial charge on any atom is -0.507 e. The lowest BCUT2D eigenvalue weighted by Crippen LogP contribution is -2.30. The van der Waals surface area contributed by atoms with Crippen LogP contribution in [-0.2, 0) is 9.59 Å². The molecule has 1 fully saturated rings. The van der Waals surface area contributed by atoms with Crippen LogP contribution in [0.4, 0.5) is 0 Å². The Balaban J connectivity index is 2.27. The monoisotopic (exact) mass is 423 g/mol. The minimum absolute atomic E-state index is 0.0673. The second-order valence-corrected chi connectivity index (χ2v) is 7.79. The Morgan fingerprint density at radius 1 is 1.10 bits per heavy atom. The van der Waals surface area contributed by atoms with E-state index in [1.165, 1.54) is 7.11 Å². The number of nitrogens with zero attached hydrogens (tertiary/aromatic N) is 1. The highest BCUT2D eigenvalue weighted by Gasteiger charge is 2.46. The normalized spacial score (nSPS) is 17.8. The predicted molar refractivity (Wildman–Crippen MR) is 119 cm³/mol. The zero-order chi connectivity index (χ0) is 22.7. The fourth-order valence-electron chi connectivity index (χ4n) is 4.14. The van der Waals surface area contributed by atoms with Crippen LogP contribution in [0, 0.1) is 13.8 Å². The van der Waals surface area contributed by atoms with Crippen molar-refractivity contribution in [1.82, 2.24) is 4.90 Å². The first-order valence-corrected chi connectivity index (χ1v) is 10.4. The number of methoxy groups -OCH3 is 2. The number of carbonyl (C=O) groups excluding carboxylic acids is 2. The van der Waals surface area contributed by atoms with Gasteiger partial charge >= 0.3 is 0 Å². The van der Waals surface area contributed by atoms with Crippen molar-refractivity contribution in [3.05, 3.63) is 64.2 Å². The molecule has 2 aromatic rings. The molecule has 1 N–H and O–H groups in total. The molecule has 6 heteroatoms. The zero-order valence-corrected chi connectivity index (χ0v) is 18.7. The van der Waals surface area contributed by atoms with E-state index in [0.29, 0.717) is 29.2 Å². The Hall–Kier alpha value is -3.28. The summed E-state index contributed by atoms with van der Waals surface area (Å²) in [7, 11) is 3.08. The van der Waals surface area contributed by atoms with E-state index in [-0.39, 0.29) is 11.3 Å². The molecule has 0 saturated carbocycles. The fraction of sp³-hybridized carbons (Fsp3) is 0.360. The second-order valence-electron chi connectivity index (χ2n) is 7.79. The Morgan fingerprint density at radius 2 is 1.84 bits per heavy atom. The number of unbranched alkanes of at least 4 members (excludes halogenated alkanes) is 1. The molecule has 1 atom stereocenters. The lowest BCUT2D eigenvalue weighted by Gasteiger charge is -2.25. The first kappa shape index (κ1) is 22.4. The molecule has 0 aliphatic carbocycles. The Bertz CT molecular complexity index is 1040. The van der Waals surface area contributed by atoms with Crippen molar-refractivity contribution in [2.24, 2.45) is 0 Å². The first-order chi connectivity index (χ1) is 14.8. The van der Waals surface area contributed by atoms with E-state index >= 15 is 0 Å². The van der Waals surface area contributed by atoms with Crippen LogP contribution in [0.3, 0.4) is 0 Å². The van der Waals surface area contributed by atoms with Gasteiger partial charge in [0.05, 0.1) is 31.4 Å². The van der Waals surface area contributed by atoms with Gasteiger partial charge in [0.15, 0.2) is 0 Å². The van der Waals surface area contributed by atoms with Crippen molar-refractivity contribution in [2.45, 2.75) is 39.7 Å². The SMILES string of the molecule is CCCCN1C(=O)C(=O)/C(=C(/O)c2cc(C)cc(C)c2OC)C1c1cccc(OC)c1. The largest absolute Gasteiger partial charge is 0.507 e. The van der Waals surface area contributed by atoms with Gasteiger partial charge in [0, 0.05) is 6.54 Å². The Labute approximate surface area is 183 Å². The van der Waals surface area contributed by atoms with E-state index < -0.39 is 17.7 Å². The minimum atomic E-state index is -0.702. The van der Waals surface area contributed by atoms with Gasteiger partial charge in [0.1, 0.15) is 17.3 Å². The maximum atomic E-state index is 13.1. The van der Waals surface area contributed by atoms with Crippen molar-refractivity contribution < 1.29 is 24.2 Å². The topological polar surface area (TPSA) is 76.1 Å². The van der Waals surface area contributed by atoms with Crippen molar-refractivity contribution in [3.8, 4) is 11.5 Å². The molecule has 6 nitrogen and oxygen atoms in total. The number of carbonyl (C=O) groups is 2. The molecule has 31 heavy (non-hydrogen) atoms.